The number of aryl methyl sites for hydroxylation is 1. The van der Waals surface area contributed by atoms with Crippen LogP contribution in [-0.2, 0) is 6.42 Å². The first-order valence-electron chi connectivity index (χ1n) is 25.6. The molecule has 1 aliphatic heterocycles. The van der Waals surface area contributed by atoms with Crippen molar-refractivity contribution in [1.82, 2.24) is 4.57 Å². The van der Waals surface area contributed by atoms with E-state index in [0.29, 0.717) is 6.42 Å². The number of hydrogen-bond acceptors (Lipinski definition) is 1. The second-order valence-corrected chi connectivity index (χ2v) is 26.5. The van der Waals surface area contributed by atoms with Gasteiger partial charge in [-0.15, -0.1) is 0 Å². The Morgan fingerprint density at radius 3 is 2.10 bits per heavy atom. The van der Waals surface area contributed by atoms with E-state index in [1.807, 2.05) is 0 Å². The number of aromatic nitrogens is 2. The standard InChI is InChI=1S/C66H65N3OSi/c1-11-50(71(8,9)10)41-67(7)61-38-44(6)68-59-28-20-21-29-60(59)69(63-57(43(4)5)39-49(45-22-14-12-15-23-45)40-58(63)46-24-16-13-17-25-46)66(68)62-48(31-33-51(61)42(2)3)32-35-56-55-37-36-53-52-27-19-18-26-47(52)30-34-54(53)64(55)70-65(56)62/h12-30,32,34-37,39-41,43,51,61H,2,6-7,11,31,33,38H2,1,3-5,8-10H3/q+2/b50-41+. The zero-order chi connectivity index (χ0) is 49.3. The molecule has 0 amide bonds. The summed E-state index contributed by atoms with van der Waals surface area (Å²) in [4.78, 5) is 0. The Labute approximate surface area is 420 Å². The van der Waals surface area contributed by atoms with E-state index in [1.165, 1.54) is 54.7 Å². The molecule has 2 unspecified atom stereocenters. The van der Waals surface area contributed by atoms with Crippen LogP contribution in [0, 0.1) is 5.92 Å². The van der Waals surface area contributed by atoms with Crippen molar-refractivity contribution in [2.75, 3.05) is 0 Å². The lowest BCUT2D eigenvalue weighted by Crippen LogP contribution is -2.41. The lowest BCUT2D eigenvalue weighted by Gasteiger charge is -2.27. The number of imidazole rings is 1. The highest BCUT2D eigenvalue weighted by Gasteiger charge is 2.41. The number of rotatable bonds is 9. The van der Waals surface area contributed by atoms with Gasteiger partial charge in [-0.25, -0.2) is 4.58 Å². The van der Waals surface area contributed by atoms with Crippen LogP contribution in [-0.4, -0.2) is 30.0 Å². The first-order chi connectivity index (χ1) is 34.3. The van der Waals surface area contributed by atoms with Gasteiger partial charge in [-0.05, 0) is 112 Å². The summed E-state index contributed by atoms with van der Waals surface area (Å²) in [7, 11) is -1.63. The second kappa shape index (κ2) is 18.1. The number of nitrogens with zero attached hydrogens (tertiary/aromatic N) is 3. The molecule has 5 heteroatoms. The molecule has 0 spiro atoms. The molecule has 10 aromatic rings. The van der Waals surface area contributed by atoms with Gasteiger partial charge in [-0.1, -0.05) is 180 Å². The smallest absolute Gasteiger partial charge is 0.304 e. The molecular formula is C66H65N3OSi+2. The molecule has 71 heavy (non-hydrogen) atoms. The van der Waals surface area contributed by atoms with Crippen LogP contribution in [0.2, 0.25) is 19.6 Å². The van der Waals surface area contributed by atoms with Gasteiger partial charge in [0.15, 0.2) is 28.9 Å². The zero-order valence-electron chi connectivity index (χ0n) is 42.5. The van der Waals surface area contributed by atoms with Crippen molar-refractivity contribution in [3.63, 3.8) is 0 Å². The van der Waals surface area contributed by atoms with Crippen molar-refractivity contribution in [3.8, 4) is 39.3 Å². The summed E-state index contributed by atoms with van der Waals surface area (Å²) >= 11 is 0. The van der Waals surface area contributed by atoms with Gasteiger partial charge < -0.3 is 4.42 Å². The van der Waals surface area contributed by atoms with Crippen LogP contribution in [0.1, 0.15) is 64.0 Å². The van der Waals surface area contributed by atoms with Gasteiger partial charge in [0, 0.05) is 33.2 Å². The average molecular weight is 944 g/mol. The third-order valence-electron chi connectivity index (χ3n) is 15.5. The number of hydrogen-bond donors (Lipinski definition) is 0. The van der Waals surface area contributed by atoms with E-state index in [4.69, 9.17) is 24.3 Å². The Kier molecular flexibility index (Phi) is 11.8. The van der Waals surface area contributed by atoms with Gasteiger partial charge in [0.1, 0.15) is 29.2 Å². The van der Waals surface area contributed by atoms with Gasteiger partial charge in [0.25, 0.3) is 0 Å². The molecule has 0 radical (unpaired) electrons. The minimum absolute atomic E-state index is 0.0225. The molecule has 0 fully saturated rings. The molecule has 0 bridgehead atoms. The monoisotopic (exact) mass is 943 g/mol. The van der Waals surface area contributed by atoms with Crippen molar-refractivity contribution < 1.29 is 13.6 Å². The van der Waals surface area contributed by atoms with Crippen molar-refractivity contribution in [3.05, 3.63) is 199 Å². The number of fused-ring (bicyclic) bond motifs is 13. The Hall–Kier alpha value is -7.34. The van der Waals surface area contributed by atoms with E-state index in [9.17, 15) is 0 Å². The fourth-order valence-corrected chi connectivity index (χ4v) is 13.4. The maximum atomic E-state index is 7.56. The number of furan rings is 1. The summed E-state index contributed by atoms with van der Waals surface area (Å²) in [6, 6.07) is 58.0. The molecular weight excluding hydrogens is 879 g/mol. The van der Waals surface area contributed by atoms with Crippen molar-refractivity contribution in [2.45, 2.75) is 85.0 Å². The van der Waals surface area contributed by atoms with Crippen LogP contribution in [0.25, 0.3) is 99.5 Å². The van der Waals surface area contributed by atoms with Crippen molar-refractivity contribution in [2.24, 2.45) is 5.92 Å². The van der Waals surface area contributed by atoms with Gasteiger partial charge in [0.05, 0.1) is 14.5 Å². The van der Waals surface area contributed by atoms with Crippen LogP contribution in [0.5, 0.6) is 0 Å². The lowest BCUT2D eigenvalue weighted by molar-refractivity contribution is -0.553. The Balaban J connectivity index is 1.29. The fourth-order valence-electron chi connectivity index (χ4n) is 11.8. The number of benzene rings is 8. The second-order valence-electron chi connectivity index (χ2n) is 21.3. The third-order valence-corrected chi connectivity index (χ3v) is 17.9. The highest BCUT2D eigenvalue weighted by molar-refractivity contribution is 6.83. The van der Waals surface area contributed by atoms with Gasteiger partial charge >= 0.3 is 5.82 Å². The summed E-state index contributed by atoms with van der Waals surface area (Å²) in [6.45, 7) is 31.2. The number of para-hydroxylation sites is 2. The first-order valence-corrected chi connectivity index (χ1v) is 29.1. The van der Waals surface area contributed by atoms with Gasteiger partial charge in [-0.3, -0.25) is 0 Å². The van der Waals surface area contributed by atoms with Gasteiger partial charge in [-0.2, -0.15) is 9.13 Å². The Morgan fingerprint density at radius 2 is 1.38 bits per heavy atom. The molecule has 1 aliphatic rings. The maximum Gasteiger partial charge on any atom is 0.304 e. The third kappa shape index (κ3) is 7.92. The molecule has 2 atom stereocenters. The molecule has 11 rings (SSSR count). The highest BCUT2D eigenvalue weighted by Crippen LogP contribution is 2.47. The zero-order valence-corrected chi connectivity index (χ0v) is 43.5. The average Bonchev–Trinajstić information content (AvgIpc) is 3.93. The minimum Gasteiger partial charge on any atom is -0.454 e. The first kappa shape index (κ1) is 46.1. The summed E-state index contributed by atoms with van der Waals surface area (Å²) in [5, 5.41) is 8.48. The quantitative estimate of drug-likeness (QED) is 0.0465. The predicted octanol–water partition coefficient (Wildman–Crippen LogP) is 17.5. The molecule has 2 aromatic heterocycles. The van der Waals surface area contributed by atoms with Crippen LogP contribution >= 0.6 is 0 Å². The molecule has 8 aromatic carbocycles. The predicted molar refractivity (Wildman–Crippen MR) is 306 cm³/mol. The molecule has 0 aliphatic carbocycles. The highest BCUT2D eigenvalue weighted by atomic mass is 28.3. The van der Waals surface area contributed by atoms with Crippen LogP contribution in [0.15, 0.2) is 192 Å². The minimum atomic E-state index is -1.63. The molecule has 4 nitrogen and oxygen atoms in total. The van der Waals surface area contributed by atoms with Crippen molar-refractivity contribution >= 4 is 75.0 Å². The molecule has 3 heterocycles. The molecule has 352 valence electrons. The SMILES string of the molecule is C=C(C)C1CCc2ccc3c(oc4c3ccc3c5ccccc5ccc34)c2-c2n(-c3c(-c4ccccc4)cc(-c4ccccc4)cc3C(C)C)c3ccccc3[n+]2C(=C)CC1[N+](=C)/C=C(\CC)[Si](C)(C)C. The fraction of sp³-hybridized carbons (Fsp3) is 0.212. The van der Waals surface area contributed by atoms with Gasteiger partial charge in [0.2, 0.25) is 0 Å². The molecule has 0 saturated heterocycles. The Bertz CT molecular complexity index is 3800. The van der Waals surface area contributed by atoms with E-state index in [-0.39, 0.29) is 17.9 Å². The van der Waals surface area contributed by atoms with E-state index in [1.54, 1.807) is 0 Å². The van der Waals surface area contributed by atoms with Crippen LogP contribution < -0.4 is 4.57 Å². The van der Waals surface area contributed by atoms with E-state index in [0.717, 1.165) is 86.0 Å². The van der Waals surface area contributed by atoms with Crippen molar-refractivity contribution in [1.29, 1.82) is 0 Å². The molecule has 0 saturated carbocycles. The topological polar surface area (TPSA) is 25.0 Å². The summed E-state index contributed by atoms with van der Waals surface area (Å²) in [5.41, 5.74) is 15.7. The lowest BCUT2D eigenvalue weighted by atomic mass is 9.83. The molecule has 0 N–H and O–H groups in total. The van der Waals surface area contributed by atoms with E-state index >= 15 is 0 Å². The van der Waals surface area contributed by atoms with Crippen LogP contribution in [0.3, 0.4) is 0 Å². The van der Waals surface area contributed by atoms with E-state index < -0.39 is 8.07 Å². The van der Waals surface area contributed by atoms with E-state index in [2.05, 4.69) is 225 Å². The Morgan fingerprint density at radius 1 is 0.746 bits per heavy atom. The van der Waals surface area contributed by atoms with Crippen LogP contribution in [0.4, 0.5) is 0 Å². The number of allylic oxidation sites excluding steroid dienone is 1. The summed E-state index contributed by atoms with van der Waals surface area (Å²) < 4.78 is 14.9. The summed E-state index contributed by atoms with van der Waals surface area (Å²) in [5.74, 6) is 1.37. The largest absolute Gasteiger partial charge is 0.454 e. The summed E-state index contributed by atoms with van der Waals surface area (Å²) in [6.07, 6.45) is 5.79. The maximum absolute atomic E-state index is 7.56. The normalized spacial score (nSPS) is 15.8.